The van der Waals surface area contributed by atoms with Gasteiger partial charge in [-0.05, 0) is 18.6 Å². The predicted molar refractivity (Wildman–Crippen MR) is 103 cm³/mol. The molecule has 2 aliphatic heterocycles. The van der Waals surface area contributed by atoms with E-state index in [1.165, 1.54) is 22.4 Å². The Bertz CT molecular complexity index is 909. The van der Waals surface area contributed by atoms with Crippen LogP contribution in [-0.2, 0) is 6.42 Å². The number of halogens is 1. The standard InChI is InChI=1S/C18H19FN6OS/c19-12-3-5-24(10-12)15-2-1-11(9-22-15)17-23-14-4-6-25(13(7-20)8-21)18(26)16(14)27-17/h1-2,7-9,12,20H,3-6,10,21H2/b13-8+,20-7?. The van der Waals surface area contributed by atoms with E-state index in [-0.39, 0.29) is 5.91 Å². The zero-order valence-electron chi connectivity index (χ0n) is 14.6. The highest BCUT2D eigenvalue weighted by atomic mass is 32.1. The van der Waals surface area contributed by atoms with E-state index in [4.69, 9.17) is 11.1 Å². The average Bonchev–Trinajstić information content (AvgIpc) is 3.31. The second kappa shape index (κ2) is 7.07. The van der Waals surface area contributed by atoms with Gasteiger partial charge < -0.3 is 20.9 Å². The van der Waals surface area contributed by atoms with E-state index in [9.17, 15) is 9.18 Å². The minimum absolute atomic E-state index is 0.184. The molecule has 1 saturated heterocycles. The third-order valence-corrected chi connectivity index (χ3v) is 5.92. The van der Waals surface area contributed by atoms with Crippen molar-refractivity contribution in [3.05, 3.63) is 40.8 Å². The number of hydrogen-bond donors (Lipinski definition) is 2. The molecule has 3 N–H and O–H groups in total. The highest BCUT2D eigenvalue weighted by molar-refractivity contribution is 7.17. The number of pyridine rings is 1. The molecule has 4 rings (SSSR count). The zero-order chi connectivity index (χ0) is 19.0. The lowest BCUT2D eigenvalue weighted by atomic mass is 10.1. The predicted octanol–water partition coefficient (Wildman–Crippen LogP) is 2.20. The van der Waals surface area contributed by atoms with Crippen LogP contribution in [-0.4, -0.2) is 52.8 Å². The van der Waals surface area contributed by atoms with Crippen molar-refractivity contribution in [1.29, 1.82) is 5.41 Å². The molecule has 140 valence electrons. The highest BCUT2D eigenvalue weighted by Crippen LogP contribution is 2.33. The number of nitrogens with one attached hydrogen (secondary N) is 1. The molecule has 9 heteroatoms. The van der Waals surface area contributed by atoms with Gasteiger partial charge in [-0.1, -0.05) is 0 Å². The maximum absolute atomic E-state index is 13.4. The number of aromatic nitrogens is 2. The van der Waals surface area contributed by atoms with Crippen LogP contribution in [0.3, 0.4) is 0 Å². The molecule has 0 saturated carbocycles. The Kier molecular flexibility index (Phi) is 4.61. The van der Waals surface area contributed by atoms with Gasteiger partial charge in [-0.15, -0.1) is 11.3 Å². The molecule has 2 aromatic rings. The summed E-state index contributed by atoms with van der Waals surface area (Å²) in [7, 11) is 0. The van der Waals surface area contributed by atoms with Crippen LogP contribution in [0.4, 0.5) is 10.2 Å². The number of anilines is 1. The summed E-state index contributed by atoms with van der Waals surface area (Å²) >= 11 is 1.32. The highest BCUT2D eigenvalue weighted by Gasteiger charge is 2.30. The normalized spacial score (nSPS) is 20.1. The third-order valence-electron chi connectivity index (χ3n) is 4.79. The minimum Gasteiger partial charge on any atom is -0.403 e. The molecule has 0 aliphatic carbocycles. The van der Waals surface area contributed by atoms with Crippen LogP contribution in [0.2, 0.25) is 0 Å². The number of rotatable bonds is 4. The van der Waals surface area contributed by atoms with Crippen molar-refractivity contribution in [1.82, 2.24) is 14.9 Å². The van der Waals surface area contributed by atoms with Crippen molar-refractivity contribution >= 4 is 29.3 Å². The van der Waals surface area contributed by atoms with E-state index >= 15 is 0 Å². The van der Waals surface area contributed by atoms with E-state index in [0.29, 0.717) is 43.1 Å². The Morgan fingerprint density at radius 1 is 1.41 bits per heavy atom. The number of amides is 1. The number of fused-ring (bicyclic) bond motifs is 1. The second-order valence-electron chi connectivity index (χ2n) is 6.47. The molecule has 2 aromatic heterocycles. The van der Waals surface area contributed by atoms with Crippen LogP contribution >= 0.6 is 11.3 Å². The molecular formula is C18H19FN6OS. The molecule has 7 nitrogen and oxygen atoms in total. The first-order valence-corrected chi connectivity index (χ1v) is 9.51. The van der Waals surface area contributed by atoms with Crippen molar-refractivity contribution in [2.75, 3.05) is 24.5 Å². The fourth-order valence-corrected chi connectivity index (χ4v) is 4.39. The molecule has 0 spiro atoms. The minimum atomic E-state index is -0.792. The lowest BCUT2D eigenvalue weighted by Crippen LogP contribution is -2.37. The maximum Gasteiger partial charge on any atom is 0.270 e. The van der Waals surface area contributed by atoms with E-state index in [1.807, 2.05) is 17.0 Å². The van der Waals surface area contributed by atoms with Gasteiger partial charge in [0.15, 0.2) is 0 Å². The number of hydrogen-bond acceptors (Lipinski definition) is 7. The van der Waals surface area contributed by atoms with Gasteiger partial charge in [0, 0.05) is 43.7 Å². The monoisotopic (exact) mass is 386 g/mol. The third kappa shape index (κ3) is 3.18. The van der Waals surface area contributed by atoms with Crippen molar-refractivity contribution < 1.29 is 9.18 Å². The zero-order valence-corrected chi connectivity index (χ0v) is 15.4. The Balaban J connectivity index is 1.57. The smallest absolute Gasteiger partial charge is 0.270 e. The number of thiazole rings is 1. The van der Waals surface area contributed by atoms with Gasteiger partial charge in [0.05, 0.1) is 17.9 Å². The number of carbonyl (C=O) groups is 1. The van der Waals surface area contributed by atoms with Crippen LogP contribution in [0, 0.1) is 5.41 Å². The second-order valence-corrected chi connectivity index (χ2v) is 7.47. The molecular weight excluding hydrogens is 367 g/mol. The van der Waals surface area contributed by atoms with E-state index < -0.39 is 6.17 Å². The fourth-order valence-electron chi connectivity index (χ4n) is 3.34. The van der Waals surface area contributed by atoms with Gasteiger partial charge in [0.25, 0.3) is 5.91 Å². The molecule has 2 aliphatic rings. The summed E-state index contributed by atoms with van der Waals surface area (Å²) < 4.78 is 13.4. The summed E-state index contributed by atoms with van der Waals surface area (Å²) in [6.07, 6.45) is 4.42. The summed E-state index contributed by atoms with van der Waals surface area (Å²) in [5.74, 6) is 0.571. The maximum atomic E-state index is 13.4. The van der Waals surface area contributed by atoms with Gasteiger partial charge in [-0.2, -0.15) is 0 Å². The number of nitrogens with zero attached hydrogens (tertiary/aromatic N) is 4. The molecule has 1 amide bonds. The summed E-state index contributed by atoms with van der Waals surface area (Å²) in [5.41, 5.74) is 7.48. The summed E-state index contributed by atoms with van der Waals surface area (Å²) in [6, 6.07) is 3.77. The molecule has 1 fully saturated rings. The van der Waals surface area contributed by atoms with Gasteiger partial charge in [-0.3, -0.25) is 4.79 Å². The van der Waals surface area contributed by atoms with E-state index in [0.717, 1.165) is 28.3 Å². The van der Waals surface area contributed by atoms with Gasteiger partial charge >= 0.3 is 0 Å². The molecule has 0 aromatic carbocycles. The topological polar surface area (TPSA) is 99.2 Å². The first-order valence-electron chi connectivity index (χ1n) is 8.70. The quantitative estimate of drug-likeness (QED) is 0.785. The van der Waals surface area contributed by atoms with Crippen LogP contribution < -0.4 is 10.6 Å². The van der Waals surface area contributed by atoms with E-state index in [1.54, 1.807) is 6.20 Å². The van der Waals surface area contributed by atoms with Crippen LogP contribution in [0.15, 0.2) is 30.2 Å². The largest absolute Gasteiger partial charge is 0.403 e. The lowest BCUT2D eigenvalue weighted by molar-refractivity contribution is 0.0805. The van der Waals surface area contributed by atoms with Crippen LogP contribution in [0.25, 0.3) is 10.6 Å². The Labute approximate surface area is 159 Å². The van der Waals surface area contributed by atoms with Gasteiger partial charge in [0.1, 0.15) is 21.9 Å². The molecule has 1 atom stereocenters. The number of alkyl halides is 1. The number of nitrogens with two attached hydrogens (primary N) is 1. The molecule has 0 radical (unpaired) electrons. The fraction of sp³-hybridized carbons (Fsp3) is 0.333. The molecule has 1 unspecified atom stereocenters. The number of allylic oxidation sites excluding steroid dienone is 1. The Hall–Kier alpha value is -2.81. The Morgan fingerprint density at radius 3 is 2.89 bits per heavy atom. The Morgan fingerprint density at radius 2 is 2.26 bits per heavy atom. The van der Waals surface area contributed by atoms with Crippen molar-refractivity contribution in [3.8, 4) is 10.6 Å². The van der Waals surface area contributed by atoms with Gasteiger partial charge in [-0.25, -0.2) is 14.4 Å². The van der Waals surface area contributed by atoms with E-state index in [2.05, 4.69) is 9.97 Å². The SMILES string of the molecule is N=C/C(=C\N)N1CCc2nc(-c3ccc(N4CCC(F)C4)nc3)sc2C1=O. The lowest BCUT2D eigenvalue weighted by Gasteiger charge is -2.25. The summed E-state index contributed by atoms with van der Waals surface area (Å²) in [5, 5.41) is 8.13. The van der Waals surface area contributed by atoms with Crippen LogP contribution in [0.1, 0.15) is 21.8 Å². The average molecular weight is 386 g/mol. The molecule has 0 bridgehead atoms. The van der Waals surface area contributed by atoms with Crippen molar-refractivity contribution in [2.45, 2.75) is 19.0 Å². The first-order chi connectivity index (χ1) is 13.1. The number of carbonyl (C=O) groups excluding carboxylic acids is 1. The first kappa shape index (κ1) is 17.6. The van der Waals surface area contributed by atoms with Crippen molar-refractivity contribution in [2.24, 2.45) is 5.73 Å². The summed E-state index contributed by atoms with van der Waals surface area (Å²) in [6.45, 7) is 1.50. The van der Waals surface area contributed by atoms with Gasteiger partial charge in [0.2, 0.25) is 0 Å². The molecule has 27 heavy (non-hydrogen) atoms. The van der Waals surface area contributed by atoms with Crippen molar-refractivity contribution in [3.63, 3.8) is 0 Å². The van der Waals surface area contributed by atoms with Crippen LogP contribution in [0.5, 0.6) is 0 Å². The summed E-state index contributed by atoms with van der Waals surface area (Å²) in [4.78, 5) is 25.8. The molecule has 4 heterocycles.